The van der Waals surface area contributed by atoms with Crippen LogP contribution < -0.4 is 5.73 Å². The van der Waals surface area contributed by atoms with Gasteiger partial charge < -0.3 is 15.2 Å². The molecule has 1 aromatic rings. The predicted octanol–water partition coefficient (Wildman–Crippen LogP) is 3.28. The zero-order valence-electron chi connectivity index (χ0n) is 11.2. The first-order valence-electron chi connectivity index (χ1n) is 6.25. The van der Waals surface area contributed by atoms with E-state index < -0.39 is 0 Å². The van der Waals surface area contributed by atoms with Crippen LogP contribution in [0.1, 0.15) is 32.4 Å². The van der Waals surface area contributed by atoms with Crippen LogP contribution in [-0.2, 0) is 9.47 Å². The van der Waals surface area contributed by atoms with E-state index in [-0.39, 0.29) is 18.2 Å². The SMILES string of the molecule is CC(C)OCCOC(c1ccc(Br)cc1)C(C)N. The molecule has 2 atom stereocenters. The smallest absolute Gasteiger partial charge is 0.0974 e. The summed E-state index contributed by atoms with van der Waals surface area (Å²) in [7, 11) is 0. The maximum atomic E-state index is 5.97. The Morgan fingerprint density at radius 1 is 1.06 bits per heavy atom. The Morgan fingerprint density at radius 3 is 2.11 bits per heavy atom. The third kappa shape index (κ3) is 5.48. The molecule has 0 radical (unpaired) electrons. The Balaban J connectivity index is 2.52. The molecule has 0 spiro atoms. The monoisotopic (exact) mass is 315 g/mol. The Hall–Kier alpha value is -0.420. The van der Waals surface area contributed by atoms with Crippen molar-refractivity contribution >= 4 is 15.9 Å². The summed E-state index contributed by atoms with van der Waals surface area (Å²) >= 11 is 3.42. The second-order valence-corrected chi connectivity index (χ2v) is 5.54. The maximum absolute atomic E-state index is 5.97. The highest BCUT2D eigenvalue weighted by Gasteiger charge is 2.16. The van der Waals surface area contributed by atoms with Crippen molar-refractivity contribution in [3.05, 3.63) is 34.3 Å². The minimum atomic E-state index is -0.0890. The molecular formula is C14H22BrNO2. The van der Waals surface area contributed by atoms with Gasteiger partial charge in [0.05, 0.1) is 25.4 Å². The molecule has 2 N–H and O–H groups in total. The van der Waals surface area contributed by atoms with Gasteiger partial charge >= 0.3 is 0 Å². The van der Waals surface area contributed by atoms with Gasteiger partial charge in [0, 0.05) is 10.5 Å². The summed E-state index contributed by atoms with van der Waals surface area (Å²) < 4.78 is 12.3. The lowest BCUT2D eigenvalue weighted by atomic mass is 10.0. The van der Waals surface area contributed by atoms with Gasteiger partial charge in [-0.25, -0.2) is 0 Å². The quantitative estimate of drug-likeness (QED) is 0.785. The summed E-state index contributed by atoms with van der Waals surface area (Å²) in [6, 6.07) is 8.01. The van der Waals surface area contributed by atoms with E-state index in [1.54, 1.807) is 0 Å². The van der Waals surface area contributed by atoms with Crippen LogP contribution in [0.25, 0.3) is 0 Å². The number of rotatable bonds is 7. The number of ether oxygens (including phenoxy) is 2. The van der Waals surface area contributed by atoms with Gasteiger partial charge in [-0.3, -0.25) is 0 Å². The number of halogens is 1. The van der Waals surface area contributed by atoms with Crippen molar-refractivity contribution in [2.24, 2.45) is 5.73 Å². The largest absolute Gasteiger partial charge is 0.376 e. The highest BCUT2D eigenvalue weighted by molar-refractivity contribution is 9.10. The maximum Gasteiger partial charge on any atom is 0.0974 e. The summed E-state index contributed by atoms with van der Waals surface area (Å²) in [5.74, 6) is 0. The Morgan fingerprint density at radius 2 is 1.61 bits per heavy atom. The van der Waals surface area contributed by atoms with Crippen molar-refractivity contribution in [1.29, 1.82) is 0 Å². The molecule has 0 aromatic heterocycles. The molecule has 4 heteroatoms. The lowest BCUT2D eigenvalue weighted by Gasteiger charge is -2.22. The van der Waals surface area contributed by atoms with Crippen LogP contribution in [0.15, 0.2) is 28.7 Å². The van der Waals surface area contributed by atoms with Gasteiger partial charge in [0.15, 0.2) is 0 Å². The molecule has 18 heavy (non-hydrogen) atoms. The second-order valence-electron chi connectivity index (χ2n) is 4.62. The first-order valence-corrected chi connectivity index (χ1v) is 7.04. The summed E-state index contributed by atoms with van der Waals surface area (Å²) in [5.41, 5.74) is 7.07. The molecule has 0 aliphatic heterocycles. The van der Waals surface area contributed by atoms with Crippen molar-refractivity contribution in [2.75, 3.05) is 13.2 Å². The van der Waals surface area contributed by atoms with Crippen molar-refractivity contribution in [1.82, 2.24) is 0 Å². The summed E-state index contributed by atoms with van der Waals surface area (Å²) in [6.07, 6.45) is 0.142. The van der Waals surface area contributed by atoms with Crippen LogP contribution in [0, 0.1) is 0 Å². The summed E-state index contributed by atoms with van der Waals surface area (Å²) in [6.45, 7) is 7.13. The Kier molecular flexibility index (Phi) is 6.86. The molecule has 0 saturated carbocycles. The van der Waals surface area contributed by atoms with Crippen molar-refractivity contribution < 1.29 is 9.47 Å². The van der Waals surface area contributed by atoms with E-state index in [0.29, 0.717) is 13.2 Å². The van der Waals surface area contributed by atoms with Crippen LogP contribution in [0.3, 0.4) is 0 Å². The van der Waals surface area contributed by atoms with Crippen LogP contribution in [0.2, 0.25) is 0 Å². The summed E-state index contributed by atoms with van der Waals surface area (Å²) in [5, 5.41) is 0. The fraction of sp³-hybridized carbons (Fsp3) is 0.571. The predicted molar refractivity (Wildman–Crippen MR) is 77.6 cm³/mol. The third-order valence-corrected chi connectivity index (χ3v) is 3.04. The zero-order chi connectivity index (χ0) is 13.5. The van der Waals surface area contributed by atoms with E-state index in [2.05, 4.69) is 15.9 Å². The third-order valence-electron chi connectivity index (χ3n) is 2.51. The highest BCUT2D eigenvalue weighted by Crippen LogP contribution is 2.22. The Labute approximate surface area is 118 Å². The lowest BCUT2D eigenvalue weighted by molar-refractivity contribution is -0.0201. The molecule has 1 rings (SSSR count). The normalized spacial score (nSPS) is 14.8. The number of benzene rings is 1. The van der Waals surface area contributed by atoms with Crippen LogP contribution in [-0.4, -0.2) is 25.4 Å². The molecule has 102 valence electrons. The van der Waals surface area contributed by atoms with Crippen LogP contribution in [0.5, 0.6) is 0 Å². The molecule has 0 saturated heterocycles. The summed E-state index contributed by atoms with van der Waals surface area (Å²) in [4.78, 5) is 0. The average Bonchev–Trinajstić information content (AvgIpc) is 2.30. The highest BCUT2D eigenvalue weighted by atomic mass is 79.9. The molecule has 2 unspecified atom stereocenters. The second kappa shape index (κ2) is 7.89. The van der Waals surface area contributed by atoms with Gasteiger partial charge in [-0.1, -0.05) is 28.1 Å². The molecule has 0 bridgehead atoms. The zero-order valence-corrected chi connectivity index (χ0v) is 12.8. The van der Waals surface area contributed by atoms with E-state index in [4.69, 9.17) is 15.2 Å². The lowest BCUT2D eigenvalue weighted by Crippen LogP contribution is -2.28. The fourth-order valence-electron chi connectivity index (χ4n) is 1.66. The van der Waals surface area contributed by atoms with E-state index in [1.807, 2.05) is 45.0 Å². The minimum Gasteiger partial charge on any atom is -0.376 e. The van der Waals surface area contributed by atoms with E-state index in [9.17, 15) is 0 Å². The molecule has 0 amide bonds. The van der Waals surface area contributed by atoms with E-state index in [1.165, 1.54) is 0 Å². The van der Waals surface area contributed by atoms with Gasteiger partial charge in [-0.2, -0.15) is 0 Å². The van der Waals surface area contributed by atoms with Crippen molar-refractivity contribution in [2.45, 2.75) is 39.0 Å². The van der Waals surface area contributed by atoms with Crippen LogP contribution >= 0.6 is 15.9 Å². The van der Waals surface area contributed by atoms with Gasteiger partial charge in [-0.05, 0) is 38.5 Å². The average molecular weight is 316 g/mol. The standard InChI is InChI=1S/C14H22BrNO2/c1-10(2)17-8-9-18-14(11(3)16)12-4-6-13(15)7-5-12/h4-7,10-11,14H,8-9,16H2,1-3H3. The number of hydrogen-bond donors (Lipinski definition) is 1. The molecule has 3 nitrogen and oxygen atoms in total. The minimum absolute atomic E-state index is 0.0507. The fourth-order valence-corrected chi connectivity index (χ4v) is 1.93. The molecule has 0 fully saturated rings. The van der Waals surface area contributed by atoms with Gasteiger partial charge in [0.2, 0.25) is 0 Å². The molecule has 0 heterocycles. The van der Waals surface area contributed by atoms with Gasteiger partial charge in [-0.15, -0.1) is 0 Å². The molecule has 0 aliphatic rings. The number of nitrogens with two attached hydrogens (primary N) is 1. The number of hydrogen-bond acceptors (Lipinski definition) is 3. The topological polar surface area (TPSA) is 44.5 Å². The first-order chi connectivity index (χ1) is 8.50. The molecule has 1 aromatic carbocycles. The van der Waals surface area contributed by atoms with Crippen molar-refractivity contribution in [3.8, 4) is 0 Å². The molecular weight excluding hydrogens is 294 g/mol. The van der Waals surface area contributed by atoms with Crippen LogP contribution in [0.4, 0.5) is 0 Å². The van der Waals surface area contributed by atoms with E-state index in [0.717, 1.165) is 10.0 Å². The van der Waals surface area contributed by atoms with E-state index >= 15 is 0 Å². The molecule has 0 aliphatic carbocycles. The van der Waals surface area contributed by atoms with Crippen molar-refractivity contribution in [3.63, 3.8) is 0 Å². The van der Waals surface area contributed by atoms with Gasteiger partial charge in [0.1, 0.15) is 0 Å². The van der Waals surface area contributed by atoms with Gasteiger partial charge in [0.25, 0.3) is 0 Å². The first kappa shape index (κ1) is 15.6. The Bertz CT molecular complexity index is 338.